The van der Waals surface area contributed by atoms with E-state index in [0.29, 0.717) is 0 Å². The van der Waals surface area contributed by atoms with Crippen molar-refractivity contribution in [3.05, 3.63) is 59.2 Å². The molecule has 1 heterocycles. The summed E-state index contributed by atoms with van der Waals surface area (Å²) in [6.07, 6.45) is 6.32. The van der Waals surface area contributed by atoms with Crippen LogP contribution in [0.1, 0.15) is 42.9 Å². The zero-order chi connectivity index (χ0) is 19.8. The standard InChI is InChI=1S/C25H36N2O.ClH/c1-4-5-6-8-23-19-22(12-11-21(23)2)13-14-26-15-17-27(18-16-26)24-9-7-10-25(20-24)28-3;/h7,9-12,19-20H,4-6,8,13-18H2,1-3H3;1H. The second-order valence-corrected chi connectivity index (χ2v) is 8.00. The van der Waals surface area contributed by atoms with Crippen molar-refractivity contribution in [2.45, 2.75) is 46.0 Å². The van der Waals surface area contributed by atoms with E-state index in [4.69, 9.17) is 4.74 Å². The topological polar surface area (TPSA) is 15.7 Å². The van der Waals surface area contributed by atoms with Crippen molar-refractivity contribution >= 4 is 18.1 Å². The molecule has 0 aromatic heterocycles. The molecule has 0 spiro atoms. The number of halogens is 1. The average molecular weight is 417 g/mol. The molecule has 1 aliphatic heterocycles. The summed E-state index contributed by atoms with van der Waals surface area (Å²) >= 11 is 0. The van der Waals surface area contributed by atoms with E-state index in [0.717, 1.165) is 44.9 Å². The number of aryl methyl sites for hydroxylation is 2. The number of rotatable bonds is 9. The summed E-state index contributed by atoms with van der Waals surface area (Å²) in [4.78, 5) is 5.07. The Balaban J connectivity index is 0.00000300. The van der Waals surface area contributed by atoms with Gasteiger partial charge < -0.3 is 9.64 Å². The molecule has 0 bridgehead atoms. The number of benzene rings is 2. The van der Waals surface area contributed by atoms with Crippen molar-refractivity contribution in [1.29, 1.82) is 0 Å². The van der Waals surface area contributed by atoms with Gasteiger partial charge in [-0.3, -0.25) is 4.90 Å². The number of nitrogens with zero attached hydrogens (tertiary/aromatic N) is 2. The Morgan fingerprint density at radius 1 is 0.931 bits per heavy atom. The second kappa shape index (κ2) is 12.1. The van der Waals surface area contributed by atoms with Gasteiger partial charge in [-0.25, -0.2) is 0 Å². The molecule has 0 unspecified atom stereocenters. The molecular formula is C25H37ClN2O. The molecule has 0 N–H and O–H groups in total. The monoisotopic (exact) mass is 416 g/mol. The zero-order valence-corrected chi connectivity index (χ0v) is 19.1. The van der Waals surface area contributed by atoms with Crippen LogP contribution in [0.15, 0.2) is 42.5 Å². The SMILES string of the molecule is CCCCCc1cc(CCN2CCN(c3cccc(OC)c3)CC2)ccc1C.Cl. The maximum absolute atomic E-state index is 5.37. The van der Waals surface area contributed by atoms with Crippen LogP contribution in [0.3, 0.4) is 0 Å². The van der Waals surface area contributed by atoms with Gasteiger partial charge in [-0.1, -0.05) is 44.0 Å². The van der Waals surface area contributed by atoms with Crippen molar-refractivity contribution in [1.82, 2.24) is 4.90 Å². The molecule has 3 rings (SSSR count). The molecule has 2 aromatic carbocycles. The van der Waals surface area contributed by atoms with E-state index in [9.17, 15) is 0 Å². The van der Waals surface area contributed by atoms with Gasteiger partial charge in [0.05, 0.1) is 7.11 Å². The molecule has 0 aliphatic carbocycles. The molecule has 1 saturated heterocycles. The first-order valence-corrected chi connectivity index (χ1v) is 10.9. The van der Waals surface area contributed by atoms with Crippen LogP contribution in [0.2, 0.25) is 0 Å². The molecule has 160 valence electrons. The summed E-state index contributed by atoms with van der Waals surface area (Å²) in [5.74, 6) is 0.939. The number of unbranched alkanes of at least 4 members (excludes halogenated alkanes) is 2. The van der Waals surface area contributed by atoms with Gasteiger partial charge in [-0.2, -0.15) is 0 Å². The Labute approximate surface area is 183 Å². The lowest BCUT2D eigenvalue weighted by Gasteiger charge is -2.36. The smallest absolute Gasteiger partial charge is 0.120 e. The van der Waals surface area contributed by atoms with Crippen LogP contribution >= 0.6 is 12.4 Å². The molecule has 0 atom stereocenters. The van der Waals surface area contributed by atoms with Gasteiger partial charge in [0.2, 0.25) is 0 Å². The molecular weight excluding hydrogens is 380 g/mol. The lowest BCUT2D eigenvalue weighted by molar-refractivity contribution is 0.261. The van der Waals surface area contributed by atoms with E-state index in [1.54, 1.807) is 12.7 Å². The molecule has 3 nitrogen and oxygen atoms in total. The van der Waals surface area contributed by atoms with Crippen molar-refractivity contribution in [2.24, 2.45) is 0 Å². The normalized spacial score (nSPS) is 14.5. The molecule has 0 radical (unpaired) electrons. The van der Waals surface area contributed by atoms with E-state index in [2.05, 4.69) is 60.0 Å². The van der Waals surface area contributed by atoms with Crippen LogP contribution in [-0.2, 0) is 12.8 Å². The lowest BCUT2D eigenvalue weighted by Crippen LogP contribution is -2.47. The lowest BCUT2D eigenvalue weighted by atomic mass is 9.98. The Hall–Kier alpha value is -1.71. The van der Waals surface area contributed by atoms with E-state index in [1.807, 2.05) is 6.07 Å². The molecule has 29 heavy (non-hydrogen) atoms. The predicted molar refractivity (Wildman–Crippen MR) is 127 cm³/mol. The number of ether oxygens (including phenoxy) is 1. The largest absolute Gasteiger partial charge is 0.497 e. The first kappa shape index (κ1) is 23.6. The predicted octanol–water partition coefficient (Wildman–Crippen LogP) is 5.52. The molecule has 1 aliphatic rings. The first-order valence-electron chi connectivity index (χ1n) is 10.9. The molecule has 0 saturated carbocycles. The van der Waals surface area contributed by atoms with E-state index in [-0.39, 0.29) is 12.4 Å². The summed E-state index contributed by atoms with van der Waals surface area (Å²) in [7, 11) is 1.73. The van der Waals surface area contributed by atoms with Crippen molar-refractivity contribution in [3.63, 3.8) is 0 Å². The van der Waals surface area contributed by atoms with Crippen molar-refractivity contribution in [3.8, 4) is 5.75 Å². The maximum atomic E-state index is 5.37. The van der Waals surface area contributed by atoms with Crippen LogP contribution in [-0.4, -0.2) is 44.7 Å². The van der Waals surface area contributed by atoms with Gasteiger partial charge in [0.15, 0.2) is 0 Å². The highest BCUT2D eigenvalue weighted by molar-refractivity contribution is 5.85. The van der Waals surface area contributed by atoms with Crippen LogP contribution in [0, 0.1) is 6.92 Å². The van der Waals surface area contributed by atoms with Crippen LogP contribution < -0.4 is 9.64 Å². The highest BCUT2D eigenvalue weighted by Gasteiger charge is 2.17. The maximum Gasteiger partial charge on any atom is 0.120 e. The summed E-state index contributed by atoms with van der Waals surface area (Å²) in [5.41, 5.74) is 5.77. The van der Waals surface area contributed by atoms with Gasteiger partial charge in [-0.05, 0) is 55.0 Å². The van der Waals surface area contributed by atoms with Crippen LogP contribution in [0.25, 0.3) is 0 Å². The molecule has 2 aromatic rings. The molecule has 4 heteroatoms. The minimum atomic E-state index is 0. The Bertz CT molecular complexity index is 741. The Kier molecular flexibility index (Phi) is 9.83. The van der Waals surface area contributed by atoms with Gasteiger partial charge in [0.1, 0.15) is 5.75 Å². The third-order valence-corrected chi connectivity index (χ3v) is 5.97. The first-order chi connectivity index (χ1) is 13.7. The van der Waals surface area contributed by atoms with Gasteiger partial charge >= 0.3 is 0 Å². The van der Waals surface area contributed by atoms with Crippen molar-refractivity contribution < 1.29 is 4.74 Å². The highest BCUT2D eigenvalue weighted by atomic mass is 35.5. The fraction of sp³-hybridized carbons (Fsp3) is 0.520. The van der Waals surface area contributed by atoms with Gasteiger partial charge in [0.25, 0.3) is 0 Å². The Morgan fingerprint density at radius 2 is 1.72 bits per heavy atom. The quantitative estimate of drug-likeness (QED) is 0.500. The zero-order valence-electron chi connectivity index (χ0n) is 18.3. The van der Waals surface area contributed by atoms with E-state index < -0.39 is 0 Å². The summed E-state index contributed by atoms with van der Waals surface area (Å²) in [5, 5.41) is 0. The summed E-state index contributed by atoms with van der Waals surface area (Å²) in [6.45, 7) is 10.1. The minimum Gasteiger partial charge on any atom is -0.497 e. The van der Waals surface area contributed by atoms with Gasteiger partial charge in [0, 0.05) is 44.5 Å². The number of hydrogen-bond donors (Lipinski definition) is 0. The Morgan fingerprint density at radius 3 is 2.45 bits per heavy atom. The van der Waals surface area contributed by atoms with E-state index >= 15 is 0 Å². The minimum absolute atomic E-state index is 0. The van der Waals surface area contributed by atoms with Crippen LogP contribution in [0.5, 0.6) is 5.75 Å². The number of anilines is 1. The second-order valence-electron chi connectivity index (χ2n) is 8.00. The number of methoxy groups -OCH3 is 1. The molecule has 1 fully saturated rings. The third-order valence-electron chi connectivity index (χ3n) is 5.97. The van der Waals surface area contributed by atoms with Crippen LogP contribution in [0.4, 0.5) is 5.69 Å². The van der Waals surface area contributed by atoms with Gasteiger partial charge in [-0.15, -0.1) is 12.4 Å². The fourth-order valence-corrected chi connectivity index (χ4v) is 4.04. The summed E-state index contributed by atoms with van der Waals surface area (Å²) in [6, 6.07) is 15.5. The third kappa shape index (κ3) is 6.94. The van der Waals surface area contributed by atoms with E-state index in [1.165, 1.54) is 42.5 Å². The highest BCUT2D eigenvalue weighted by Crippen LogP contribution is 2.22. The average Bonchev–Trinajstić information content (AvgIpc) is 2.74. The summed E-state index contributed by atoms with van der Waals surface area (Å²) < 4.78 is 5.37. The number of piperazine rings is 1. The molecule has 0 amide bonds. The number of hydrogen-bond acceptors (Lipinski definition) is 3. The fourth-order valence-electron chi connectivity index (χ4n) is 4.04. The van der Waals surface area contributed by atoms with Crippen molar-refractivity contribution in [2.75, 3.05) is 44.7 Å².